The second-order valence-corrected chi connectivity index (χ2v) is 8.46. The van der Waals surface area contributed by atoms with Gasteiger partial charge in [0.2, 0.25) is 5.95 Å². The number of anilines is 3. The van der Waals surface area contributed by atoms with Gasteiger partial charge in [-0.15, -0.1) is 0 Å². The zero-order chi connectivity index (χ0) is 23.5. The average Bonchev–Trinajstić information content (AvgIpc) is 3.14. The quantitative estimate of drug-likeness (QED) is 0.468. The van der Waals surface area contributed by atoms with Gasteiger partial charge in [0.25, 0.3) is 0 Å². The Hall–Kier alpha value is -3.26. The van der Waals surface area contributed by atoms with Gasteiger partial charge in [0, 0.05) is 47.5 Å². The molecule has 1 aliphatic rings. The van der Waals surface area contributed by atoms with Crippen LogP contribution in [0.5, 0.6) is 0 Å². The molecule has 1 fully saturated rings. The predicted octanol–water partition coefficient (Wildman–Crippen LogP) is 5.63. The zero-order valence-corrected chi connectivity index (χ0v) is 19.4. The van der Waals surface area contributed by atoms with E-state index in [0.717, 1.165) is 29.8 Å². The first-order valence-corrected chi connectivity index (χ1v) is 11.2. The van der Waals surface area contributed by atoms with E-state index in [4.69, 9.17) is 21.3 Å². The lowest BCUT2D eigenvalue weighted by Gasteiger charge is -2.29. The van der Waals surface area contributed by atoms with Crippen LogP contribution in [0.1, 0.15) is 44.0 Å². The lowest BCUT2D eigenvalue weighted by molar-refractivity contribution is 0.0526. The molecule has 7 nitrogen and oxygen atoms in total. The molecule has 1 aromatic carbocycles. The molecule has 2 aromatic heterocycles. The fraction of sp³-hybridized carbons (Fsp3) is 0.333. The fourth-order valence-corrected chi connectivity index (χ4v) is 4.24. The van der Waals surface area contributed by atoms with Crippen molar-refractivity contribution in [1.82, 2.24) is 15.0 Å². The molecule has 2 unspecified atom stereocenters. The van der Waals surface area contributed by atoms with E-state index in [-0.39, 0.29) is 23.7 Å². The molecule has 33 heavy (non-hydrogen) atoms. The third kappa shape index (κ3) is 4.90. The molecule has 0 aliphatic carbocycles. The Morgan fingerprint density at radius 3 is 2.67 bits per heavy atom. The van der Waals surface area contributed by atoms with Crippen LogP contribution in [0, 0.1) is 5.82 Å². The molecule has 0 saturated carbocycles. The van der Waals surface area contributed by atoms with Gasteiger partial charge in [-0.25, -0.2) is 14.2 Å². The van der Waals surface area contributed by atoms with Crippen molar-refractivity contribution in [2.75, 3.05) is 16.8 Å². The molecular weight excluding hydrogens is 445 g/mol. The molecule has 1 N–H and O–H groups in total. The van der Waals surface area contributed by atoms with Crippen molar-refractivity contribution in [3.63, 3.8) is 0 Å². The van der Waals surface area contributed by atoms with Gasteiger partial charge >= 0.3 is 5.97 Å². The second kappa shape index (κ2) is 9.70. The van der Waals surface area contributed by atoms with Gasteiger partial charge in [-0.3, -0.25) is 4.98 Å². The van der Waals surface area contributed by atoms with Crippen molar-refractivity contribution in [3.05, 3.63) is 59.3 Å². The molecule has 0 amide bonds. The summed E-state index contributed by atoms with van der Waals surface area (Å²) >= 11 is 5.91. The van der Waals surface area contributed by atoms with Crippen LogP contribution in [-0.2, 0) is 4.74 Å². The van der Waals surface area contributed by atoms with Gasteiger partial charge in [0.15, 0.2) is 0 Å². The van der Waals surface area contributed by atoms with Gasteiger partial charge in [-0.1, -0.05) is 11.6 Å². The first kappa shape index (κ1) is 22.9. The van der Waals surface area contributed by atoms with Crippen LogP contribution in [0.25, 0.3) is 11.1 Å². The Kier molecular flexibility index (Phi) is 6.74. The summed E-state index contributed by atoms with van der Waals surface area (Å²) in [5, 5.41) is 3.12. The molecule has 0 bridgehead atoms. The number of hydrogen-bond acceptors (Lipinski definition) is 7. The summed E-state index contributed by atoms with van der Waals surface area (Å²) in [6.07, 6.45) is 6.96. The molecule has 1 aliphatic heterocycles. The Labute approximate surface area is 197 Å². The van der Waals surface area contributed by atoms with Crippen LogP contribution in [0.4, 0.5) is 21.8 Å². The summed E-state index contributed by atoms with van der Waals surface area (Å²) in [5.41, 5.74) is 2.43. The standard InChI is InChI=1S/C24H25ClFN5O2/c1-4-33-23(32)17-9-16(11-27-12-17)19-13-28-24(29-18-7-8-21(26)20(25)10-18)30-22(19)31-14(2)5-6-15(31)3/h7-15H,4-6H2,1-3H3,(H,28,29,30). The highest BCUT2D eigenvalue weighted by molar-refractivity contribution is 6.31. The summed E-state index contributed by atoms with van der Waals surface area (Å²) in [5.74, 6) is 0.176. The topological polar surface area (TPSA) is 80.2 Å². The number of aromatic nitrogens is 3. The molecule has 0 radical (unpaired) electrons. The highest BCUT2D eigenvalue weighted by Gasteiger charge is 2.31. The molecule has 2 atom stereocenters. The number of halogens is 2. The summed E-state index contributed by atoms with van der Waals surface area (Å²) in [4.78, 5) is 28.0. The normalized spacial score (nSPS) is 17.8. The molecule has 4 rings (SSSR count). The summed E-state index contributed by atoms with van der Waals surface area (Å²) in [6, 6.07) is 6.65. The van der Waals surface area contributed by atoms with Crippen LogP contribution >= 0.6 is 11.6 Å². The van der Waals surface area contributed by atoms with Crippen LogP contribution in [0.3, 0.4) is 0 Å². The van der Waals surface area contributed by atoms with Crippen molar-refractivity contribution in [2.24, 2.45) is 0 Å². The minimum Gasteiger partial charge on any atom is -0.462 e. The number of pyridine rings is 1. The van der Waals surface area contributed by atoms with Crippen molar-refractivity contribution in [2.45, 2.75) is 45.7 Å². The molecule has 1 saturated heterocycles. The fourth-order valence-electron chi connectivity index (χ4n) is 4.06. The third-order valence-electron chi connectivity index (χ3n) is 5.70. The monoisotopic (exact) mass is 469 g/mol. The van der Waals surface area contributed by atoms with Gasteiger partial charge in [-0.2, -0.15) is 4.98 Å². The number of carbonyl (C=O) groups is 1. The predicted molar refractivity (Wildman–Crippen MR) is 127 cm³/mol. The molecule has 172 valence electrons. The van der Waals surface area contributed by atoms with E-state index in [1.165, 1.54) is 18.3 Å². The van der Waals surface area contributed by atoms with Gasteiger partial charge in [0.05, 0.1) is 17.2 Å². The molecule has 3 heterocycles. The van der Waals surface area contributed by atoms with E-state index in [2.05, 4.69) is 34.0 Å². The number of rotatable bonds is 6. The van der Waals surface area contributed by atoms with Crippen molar-refractivity contribution in [1.29, 1.82) is 0 Å². The van der Waals surface area contributed by atoms with E-state index < -0.39 is 11.8 Å². The first-order chi connectivity index (χ1) is 15.9. The summed E-state index contributed by atoms with van der Waals surface area (Å²) in [7, 11) is 0. The molecule has 0 spiro atoms. The van der Waals surface area contributed by atoms with E-state index in [1.807, 2.05) is 0 Å². The smallest absolute Gasteiger partial charge is 0.339 e. The van der Waals surface area contributed by atoms with Crippen molar-refractivity contribution in [3.8, 4) is 11.1 Å². The summed E-state index contributed by atoms with van der Waals surface area (Å²) in [6.45, 7) is 6.37. The Bertz CT molecular complexity index is 1170. The van der Waals surface area contributed by atoms with Gasteiger partial charge in [-0.05, 0) is 57.9 Å². The lowest BCUT2D eigenvalue weighted by Crippen LogP contribution is -2.34. The molecular formula is C24H25ClFN5O2. The number of benzene rings is 1. The average molecular weight is 470 g/mol. The highest BCUT2D eigenvalue weighted by atomic mass is 35.5. The maximum Gasteiger partial charge on any atom is 0.339 e. The largest absolute Gasteiger partial charge is 0.462 e. The highest BCUT2D eigenvalue weighted by Crippen LogP contribution is 2.37. The van der Waals surface area contributed by atoms with E-state index in [1.54, 1.807) is 31.5 Å². The number of hydrogen-bond donors (Lipinski definition) is 1. The SMILES string of the molecule is CCOC(=O)c1cncc(-c2cnc(Nc3ccc(F)c(Cl)c3)nc2N2C(C)CCC2C)c1. The molecule has 9 heteroatoms. The van der Waals surface area contributed by atoms with Crippen molar-refractivity contribution >= 4 is 35.0 Å². The molecule has 3 aromatic rings. The third-order valence-corrected chi connectivity index (χ3v) is 5.99. The van der Waals surface area contributed by atoms with Crippen LogP contribution in [0.2, 0.25) is 5.02 Å². The number of nitrogens with one attached hydrogen (secondary N) is 1. The Morgan fingerprint density at radius 2 is 1.97 bits per heavy atom. The van der Waals surface area contributed by atoms with Gasteiger partial charge in [0.1, 0.15) is 11.6 Å². The van der Waals surface area contributed by atoms with E-state index >= 15 is 0 Å². The minimum atomic E-state index is -0.493. The maximum absolute atomic E-state index is 13.5. The number of esters is 1. The maximum atomic E-state index is 13.5. The number of carbonyl (C=O) groups excluding carboxylic acids is 1. The second-order valence-electron chi connectivity index (χ2n) is 8.05. The number of nitrogens with zero attached hydrogens (tertiary/aromatic N) is 4. The van der Waals surface area contributed by atoms with Crippen molar-refractivity contribution < 1.29 is 13.9 Å². The van der Waals surface area contributed by atoms with E-state index in [0.29, 0.717) is 17.2 Å². The zero-order valence-electron chi connectivity index (χ0n) is 18.7. The number of ether oxygens (including phenoxy) is 1. The van der Waals surface area contributed by atoms with Gasteiger partial charge < -0.3 is 15.0 Å². The van der Waals surface area contributed by atoms with Crippen LogP contribution in [0.15, 0.2) is 42.9 Å². The first-order valence-electron chi connectivity index (χ1n) is 10.9. The summed E-state index contributed by atoms with van der Waals surface area (Å²) < 4.78 is 18.7. The minimum absolute atomic E-state index is 0.0143. The Balaban J connectivity index is 1.76. The van der Waals surface area contributed by atoms with Crippen LogP contribution in [-0.4, -0.2) is 39.6 Å². The van der Waals surface area contributed by atoms with Crippen LogP contribution < -0.4 is 10.2 Å². The van der Waals surface area contributed by atoms with E-state index in [9.17, 15) is 9.18 Å². The Morgan fingerprint density at radius 1 is 1.21 bits per heavy atom. The lowest BCUT2D eigenvalue weighted by atomic mass is 10.1.